The van der Waals surface area contributed by atoms with Gasteiger partial charge in [0, 0.05) is 44.0 Å². The van der Waals surface area contributed by atoms with Gasteiger partial charge in [-0.2, -0.15) is 0 Å². The van der Waals surface area contributed by atoms with Gasteiger partial charge >= 0.3 is 5.88 Å². The lowest BCUT2D eigenvalue weighted by Gasteiger charge is -2.35. The van der Waals surface area contributed by atoms with Crippen LogP contribution in [-0.4, -0.2) is 53.7 Å². The third-order valence-corrected chi connectivity index (χ3v) is 5.80. The van der Waals surface area contributed by atoms with Crippen molar-refractivity contribution in [2.24, 2.45) is 10.7 Å². The molecule has 0 spiro atoms. The van der Waals surface area contributed by atoms with E-state index in [1.165, 1.54) is 17.4 Å². The minimum atomic E-state index is -0.567. The number of piperazine rings is 1. The van der Waals surface area contributed by atoms with Crippen LogP contribution in [0.25, 0.3) is 10.8 Å². The minimum Gasteiger partial charge on any atom is -0.398 e. The molecule has 4 rings (SSSR count). The third kappa shape index (κ3) is 4.94. The van der Waals surface area contributed by atoms with Gasteiger partial charge in [0.15, 0.2) is 10.8 Å². The molecule has 1 aromatic carbocycles. The Morgan fingerprint density at radius 2 is 1.84 bits per heavy atom. The van der Waals surface area contributed by atoms with Crippen molar-refractivity contribution < 1.29 is 9.34 Å². The molecule has 31 heavy (non-hydrogen) atoms. The monoisotopic (exact) mass is 463 g/mol. The summed E-state index contributed by atoms with van der Waals surface area (Å²) < 4.78 is 5.21. The Bertz CT molecular complexity index is 1060. The summed E-state index contributed by atoms with van der Waals surface area (Å²) in [5.74, 6) is 0.613. The van der Waals surface area contributed by atoms with Crippen LogP contribution >= 0.6 is 23.7 Å². The lowest BCUT2D eigenvalue weighted by Crippen LogP contribution is -2.46. The van der Waals surface area contributed by atoms with Crippen LogP contribution in [-0.2, 0) is 0 Å². The number of aromatic nitrogens is 2. The molecule has 2 N–H and O–H groups in total. The van der Waals surface area contributed by atoms with Crippen molar-refractivity contribution in [3.8, 4) is 10.8 Å². The predicted octanol–water partition coefficient (Wildman–Crippen LogP) is 3.18. The van der Waals surface area contributed by atoms with Gasteiger partial charge in [0.2, 0.25) is 5.13 Å². The minimum absolute atomic E-state index is 0. The summed E-state index contributed by atoms with van der Waals surface area (Å²) in [5.41, 5.74) is 8.03. The van der Waals surface area contributed by atoms with Gasteiger partial charge in [-0.1, -0.05) is 11.3 Å². The van der Waals surface area contributed by atoms with Crippen LogP contribution in [0.15, 0.2) is 45.8 Å². The summed E-state index contributed by atoms with van der Waals surface area (Å²) >= 11 is 1.37. The van der Waals surface area contributed by atoms with Gasteiger partial charge < -0.3 is 20.0 Å². The SMILES string of the molecule is CCN=C(N)c1ccc(N2CCN(c3nnc(-c4ccc([N+](=O)[O-])o4)s3)CC2)cc1.Cl. The van der Waals surface area contributed by atoms with Crippen molar-refractivity contribution in [3.63, 3.8) is 0 Å². The van der Waals surface area contributed by atoms with Crippen LogP contribution in [0.2, 0.25) is 0 Å². The molecule has 0 radical (unpaired) electrons. The topological polar surface area (TPSA) is 127 Å². The lowest BCUT2D eigenvalue weighted by molar-refractivity contribution is -0.401. The molecule has 3 aromatic rings. The fourth-order valence-corrected chi connectivity index (χ4v) is 4.10. The van der Waals surface area contributed by atoms with Crippen LogP contribution < -0.4 is 15.5 Å². The summed E-state index contributed by atoms with van der Waals surface area (Å²) in [6.45, 7) is 5.92. The fraction of sp³-hybridized carbons (Fsp3) is 0.316. The molecule has 1 aliphatic rings. The second-order valence-corrected chi connectivity index (χ2v) is 7.62. The van der Waals surface area contributed by atoms with Gasteiger partial charge in [-0.3, -0.25) is 15.1 Å². The normalized spacial score (nSPS) is 14.4. The van der Waals surface area contributed by atoms with Crippen LogP contribution in [0, 0.1) is 10.1 Å². The highest BCUT2D eigenvalue weighted by atomic mass is 35.5. The first kappa shape index (κ1) is 22.5. The lowest BCUT2D eigenvalue weighted by atomic mass is 10.1. The zero-order valence-electron chi connectivity index (χ0n) is 16.8. The molecule has 0 unspecified atom stereocenters. The molecule has 1 saturated heterocycles. The highest BCUT2D eigenvalue weighted by molar-refractivity contribution is 7.18. The number of anilines is 2. The molecule has 164 valence electrons. The summed E-state index contributed by atoms with van der Waals surface area (Å²) in [4.78, 5) is 18.9. The van der Waals surface area contributed by atoms with Crippen molar-refractivity contribution in [2.75, 3.05) is 42.5 Å². The molecule has 0 bridgehead atoms. The quantitative estimate of drug-likeness (QED) is 0.255. The number of furan rings is 1. The largest absolute Gasteiger partial charge is 0.433 e. The van der Waals surface area contributed by atoms with Gasteiger partial charge in [-0.15, -0.1) is 22.6 Å². The standard InChI is InChI=1S/C19H21N7O3S.ClH/c1-2-21-17(20)13-3-5-14(6-4-13)24-9-11-25(12-10-24)19-23-22-18(30-19)15-7-8-16(29-15)26(27)28;/h3-8H,2,9-12H2,1H3,(H2,20,21);1H. The first-order valence-corrected chi connectivity index (χ1v) is 10.3. The molecule has 1 aliphatic heterocycles. The highest BCUT2D eigenvalue weighted by Crippen LogP contribution is 2.32. The van der Waals surface area contributed by atoms with Gasteiger partial charge in [-0.25, -0.2) is 0 Å². The first-order chi connectivity index (χ1) is 14.5. The molecule has 0 saturated carbocycles. The van der Waals surface area contributed by atoms with E-state index in [-0.39, 0.29) is 18.3 Å². The number of nitrogens with zero attached hydrogens (tertiary/aromatic N) is 6. The summed E-state index contributed by atoms with van der Waals surface area (Å²) in [7, 11) is 0. The van der Waals surface area contributed by atoms with Crippen LogP contribution in [0.4, 0.5) is 16.7 Å². The maximum absolute atomic E-state index is 10.8. The maximum Gasteiger partial charge on any atom is 0.433 e. The molecule has 10 nitrogen and oxygen atoms in total. The molecule has 12 heteroatoms. The van der Waals surface area contributed by atoms with E-state index in [1.54, 1.807) is 6.07 Å². The second kappa shape index (κ2) is 9.75. The van der Waals surface area contributed by atoms with E-state index >= 15 is 0 Å². The van der Waals surface area contributed by atoms with Crippen molar-refractivity contribution in [1.82, 2.24) is 10.2 Å². The van der Waals surface area contributed by atoms with Crippen LogP contribution in [0.1, 0.15) is 12.5 Å². The molecular formula is C19H22ClN7O3S. The van der Waals surface area contributed by atoms with E-state index in [4.69, 9.17) is 10.2 Å². The fourth-order valence-electron chi connectivity index (χ4n) is 3.24. The number of hydrogen-bond donors (Lipinski definition) is 1. The average Bonchev–Trinajstić information content (AvgIpc) is 3.44. The molecule has 0 aliphatic carbocycles. The Kier molecular flexibility index (Phi) is 7.08. The van der Waals surface area contributed by atoms with Crippen LogP contribution in [0.5, 0.6) is 0 Å². The maximum atomic E-state index is 10.8. The van der Waals surface area contributed by atoms with E-state index in [0.29, 0.717) is 23.1 Å². The van der Waals surface area contributed by atoms with E-state index in [2.05, 4.69) is 37.1 Å². The number of aliphatic imine (C=N–C) groups is 1. The first-order valence-electron chi connectivity index (χ1n) is 9.53. The van der Waals surface area contributed by atoms with Gasteiger partial charge in [0.1, 0.15) is 10.8 Å². The number of amidine groups is 1. The number of hydrogen-bond acceptors (Lipinski definition) is 9. The smallest absolute Gasteiger partial charge is 0.398 e. The van der Waals surface area contributed by atoms with Crippen molar-refractivity contribution in [1.29, 1.82) is 0 Å². The molecule has 3 heterocycles. The molecular weight excluding hydrogens is 442 g/mol. The zero-order chi connectivity index (χ0) is 21.1. The van der Waals surface area contributed by atoms with E-state index < -0.39 is 4.92 Å². The van der Waals surface area contributed by atoms with Crippen molar-refractivity contribution >= 4 is 46.3 Å². The van der Waals surface area contributed by atoms with Gasteiger partial charge in [0.05, 0.1) is 6.07 Å². The molecule has 0 atom stereocenters. The predicted molar refractivity (Wildman–Crippen MR) is 124 cm³/mol. The zero-order valence-corrected chi connectivity index (χ0v) is 18.4. The Hall–Kier alpha value is -3.18. The average molecular weight is 464 g/mol. The van der Waals surface area contributed by atoms with Crippen molar-refractivity contribution in [3.05, 3.63) is 52.1 Å². The number of nitro groups is 1. The molecule has 1 fully saturated rings. The number of benzene rings is 1. The Morgan fingerprint density at radius 3 is 2.45 bits per heavy atom. The van der Waals surface area contributed by atoms with E-state index in [9.17, 15) is 10.1 Å². The van der Waals surface area contributed by atoms with Gasteiger partial charge in [-0.05, 0) is 37.3 Å². The molecule has 2 aromatic heterocycles. The van der Waals surface area contributed by atoms with Crippen LogP contribution in [0.3, 0.4) is 0 Å². The summed E-state index contributed by atoms with van der Waals surface area (Å²) in [5, 5.41) is 20.5. The molecule has 0 amide bonds. The summed E-state index contributed by atoms with van der Waals surface area (Å²) in [6, 6.07) is 11.0. The van der Waals surface area contributed by atoms with E-state index in [1.807, 2.05) is 19.1 Å². The third-order valence-electron chi connectivity index (χ3n) is 4.80. The number of halogens is 1. The second-order valence-electron chi connectivity index (χ2n) is 6.67. The van der Waals surface area contributed by atoms with Gasteiger partial charge in [0.25, 0.3) is 0 Å². The Labute approximate surface area is 188 Å². The number of nitrogens with two attached hydrogens (primary N) is 1. The number of rotatable bonds is 6. The Morgan fingerprint density at radius 1 is 1.16 bits per heavy atom. The highest BCUT2D eigenvalue weighted by Gasteiger charge is 2.22. The Balaban J connectivity index is 0.00000272. The van der Waals surface area contributed by atoms with E-state index in [0.717, 1.165) is 42.6 Å². The summed E-state index contributed by atoms with van der Waals surface area (Å²) in [6.07, 6.45) is 0. The van der Waals surface area contributed by atoms with Crippen molar-refractivity contribution in [2.45, 2.75) is 6.92 Å².